The van der Waals surface area contributed by atoms with Gasteiger partial charge < -0.3 is 9.31 Å². The van der Waals surface area contributed by atoms with Crippen LogP contribution in [0.2, 0.25) is 0 Å². The van der Waals surface area contributed by atoms with Gasteiger partial charge in [-0.3, -0.25) is 9.59 Å². The fourth-order valence-corrected chi connectivity index (χ4v) is 2.93. The van der Waals surface area contributed by atoms with E-state index in [2.05, 4.69) is 0 Å². The Morgan fingerprint density at radius 3 is 2.32 bits per heavy atom. The highest BCUT2D eigenvalue weighted by atomic mass is 32.2. The van der Waals surface area contributed by atoms with Gasteiger partial charge in [0, 0.05) is 18.2 Å². The van der Waals surface area contributed by atoms with Crippen LogP contribution in [0.15, 0.2) is 23.7 Å². The zero-order valence-electron chi connectivity index (χ0n) is 15.1. The van der Waals surface area contributed by atoms with Crippen LogP contribution in [0.25, 0.3) is 6.08 Å². The van der Waals surface area contributed by atoms with Crippen molar-refractivity contribution < 1.29 is 23.3 Å². The first kappa shape index (κ1) is 19.9. The van der Waals surface area contributed by atoms with Gasteiger partial charge in [-0.25, -0.2) is 4.39 Å². The normalized spacial score (nSPS) is 19.1. The molecule has 2 rings (SSSR count). The lowest BCUT2D eigenvalue weighted by atomic mass is 9.78. The summed E-state index contributed by atoms with van der Waals surface area (Å²) in [6, 6.07) is 4.00. The Morgan fingerprint density at radius 1 is 1.20 bits per heavy atom. The standard InChI is InChI=1S/C18H22BFO4S/c1-12(22)25-11-15(19-23-17(2,3)18(4,5)24-19)8-13-6-7-16(20)9-14(13)10-21/h6-10H,11H2,1-5H3. The minimum Gasteiger partial charge on any atom is -0.400 e. The second kappa shape index (κ2) is 7.44. The highest BCUT2D eigenvalue weighted by molar-refractivity contribution is 8.13. The molecular formula is C18H22BFO4S. The monoisotopic (exact) mass is 364 g/mol. The summed E-state index contributed by atoms with van der Waals surface area (Å²) in [5.74, 6) is -0.114. The van der Waals surface area contributed by atoms with E-state index in [1.165, 1.54) is 25.1 Å². The van der Waals surface area contributed by atoms with Crippen molar-refractivity contribution in [3.05, 3.63) is 40.6 Å². The molecule has 1 aromatic carbocycles. The number of carbonyl (C=O) groups is 2. The Bertz CT molecular complexity index is 699. The average molecular weight is 364 g/mol. The summed E-state index contributed by atoms with van der Waals surface area (Å²) in [4.78, 5) is 22.6. The van der Waals surface area contributed by atoms with E-state index < -0.39 is 24.1 Å². The molecule has 0 aliphatic carbocycles. The van der Waals surface area contributed by atoms with E-state index >= 15 is 0 Å². The van der Waals surface area contributed by atoms with Crippen molar-refractivity contribution in [2.45, 2.75) is 45.8 Å². The molecule has 0 radical (unpaired) electrons. The third-order valence-electron chi connectivity index (χ3n) is 4.51. The molecule has 1 aliphatic heterocycles. The maximum atomic E-state index is 13.4. The molecule has 0 unspecified atom stereocenters. The zero-order valence-corrected chi connectivity index (χ0v) is 15.9. The Hall–Kier alpha value is -1.44. The van der Waals surface area contributed by atoms with Crippen molar-refractivity contribution in [3.8, 4) is 0 Å². The third-order valence-corrected chi connectivity index (χ3v) is 5.40. The molecule has 0 spiro atoms. The predicted octanol–water partition coefficient (Wildman–Crippen LogP) is 3.93. The van der Waals surface area contributed by atoms with Crippen molar-refractivity contribution in [1.82, 2.24) is 0 Å². The Labute approximate surface area is 152 Å². The van der Waals surface area contributed by atoms with E-state index in [4.69, 9.17) is 9.31 Å². The van der Waals surface area contributed by atoms with Crippen molar-refractivity contribution in [2.24, 2.45) is 0 Å². The van der Waals surface area contributed by atoms with Gasteiger partial charge in [0.2, 0.25) is 0 Å². The SMILES string of the molecule is CC(=O)SCC(=Cc1ccc(F)cc1C=O)B1OC(C)(C)C(C)(C)O1. The van der Waals surface area contributed by atoms with Gasteiger partial charge in [0.15, 0.2) is 11.4 Å². The molecule has 134 valence electrons. The van der Waals surface area contributed by atoms with Crippen LogP contribution in [0, 0.1) is 5.82 Å². The number of thioether (sulfide) groups is 1. The summed E-state index contributed by atoms with van der Waals surface area (Å²) in [6.07, 6.45) is 2.34. The van der Waals surface area contributed by atoms with Crippen LogP contribution >= 0.6 is 11.8 Å². The maximum absolute atomic E-state index is 13.4. The molecule has 25 heavy (non-hydrogen) atoms. The molecule has 0 saturated carbocycles. The smallest absolute Gasteiger partial charge is 0.400 e. The van der Waals surface area contributed by atoms with Gasteiger partial charge in [-0.05, 0) is 50.9 Å². The summed E-state index contributed by atoms with van der Waals surface area (Å²) in [7, 11) is -0.638. The summed E-state index contributed by atoms with van der Waals surface area (Å²) >= 11 is 1.13. The fourth-order valence-electron chi connectivity index (χ4n) is 2.34. The maximum Gasteiger partial charge on any atom is 0.491 e. The minimum absolute atomic E-state index is 0.0304. The Balaban J connectivity index is 2.40. The summed E-state index contributed by atoms with van der Waals surface area (Å²) < 4.78 is 25.5. The van der Waals surface area contributed by atoms with Gasteiger partial charge in [-0.2, -0.15) is 0 Å². The lowest BCUT2D eigenvalue weighted by Gasteiger charge is -2.32. The van der Waals surface area contributed by atoms with Gasteiger partial charge >= 0.3 is 7.12 Å². The van der Waals surface area contributed by atoms with Crippen LogP contribution in [-0.2, 0) is 14.1 Å². The molecule has 0 bridgehead atoms. The molecule has 1 fully saturated rings. The average Bonchev–Trinajstić information content (AvgIpc) is 2.72. The lowest BCUT2D eigenvalue weighted by Crippen LogP contribution is -2.41. The van der Waals surface area contributed by atoms with E-state index in [1.807, 2.05) is 27.7 Å². The predicted molar refractivity (Wildman–Crippen MR) is 99.0 cm³/mol. The number of benzene rings is 1. The van der Waals surface area contributed by atoms with Gasteiger partial charge in [0.25, 0.3) is 0 Å². The van der Waals surface area contributed by atoms with Crippen LogP contribution in [0.3, 0.4) is 0 Å². The van der Waals surface area contributed by atoms with Gasteiger partial charge in [0.05, 0.1) is 11.2 Å². The Kier molecular flexibility index (Phi) is 5.91. The first-order valence-electron chi connectivity index (χ1n) is 8.00. The number of hydrogen-bond acceptors (Lipinski definition) is 5. The van der Waals surface area contributed by atoms with Crippen molar-refractivity contribution in [2.75, 3.05) is 5.75 Å². The first-order chi connectivity index (χ1) is 11.6. The number of halogens is 1. The van der Waals surface area contributed by atoms with Crippen LogP contribution < -0.4 is 0 Å². The molecule has 4 nitrogen and oxygen atoms in total. The van der Waals surface area contributed by atoms with Gasteiger partial charge in [0.1, 0.15) is 5.82 Å². The van der Waals surface area contributed by atoms with Crippen LogP contribution in [-0.4, -0.2) is 35.5 Å². The molecule has 0 N–H and O–H groups in total. The van der Waals surface area contributed by atoms with E-state index in [1.54, 1.807) is 6.08 Å². The lowest BCUT2D eigenvalue weighted by molar-refractivity contribution is -0.109. The third kappa shape index (κ3) is 4.60. The van der Waals surface area contributed by atoms with Crippen LogP contribution in [0.4, 0.5) is 4.39 Å². The number of rotatable bonds is 5. The quantitative estimate of drug-likeness (QED) is 0.585. The number of aldehydes is 1. The van der Waals surface area contributed by atoms with Gasteiger partial charge in [-0.15, -0.1) is 0 Å². The molecule has 0 amide bonds. The van der Waals surface area contributed by atoms with Gasteiger partial charge in [-0.1, -0.05) is 23.9 Å². The topological polar surface area (TPSA) is 52.6 Å². The highest BCUT2D eigenvalue weighted by Crippen LogP contribution is 2.39. The van der Waals surface area contributed by atoms with Crippen molar-refractivity contribution >= 4 is 36.4 Å². The molecule has 1 aromatic rings. The molecule has 1 heterocycles. The fraction of sp³-hybridized carbons (Fsp3) is 0.444. The molecule has 0 aromatic heterocycles. The molecular weight excluding hydrogens is 342 g/mol. The minimum atomic E-state index is -0.638. The molecule has 1 saturated heterocycles. The van der Waals surface area contributed by atoms with E-state index in [-0.39, 0.29) is 10.7 Å². The second-order valence-electron chi connectivity index (χ2n) is 6.98. The summed E-state index contributed by atoms with van der Waals surface area (Å²) in [5.41, 5.74) is 0.475. The van der Waals surface area contributed by atoms with E-state index in [0.717, 1.165) is 11.8 Å². The highest BCUT2D eigenvalue weighted by Gasteiger charge is 2.52. The summed E-state index contributed by atoms with van der Waals surface area (Å²) in [6.45, 7) is 9.26. The van der Waals surface area contributed by atoms with Crippen LogP contribution in [0.1, 0.15) is 50.5 Å². The molecule has 0 atom stereocenters. The second-order valence-corrected chi connectivity index (χ2v) is 8.13. The first-order valence-corrected chi connectivity index (χ1v) is 8.98. The van der Waals surface area contributed by atoms with Crippen molar-refractivity contribution in [1.29, 1.82) is 0 Å². The summed E-state index contributed by atoms with van der Waals surface area (Å²) in [5, 5.41) is -0.0304. The van der Waals surface area contributed by atoms with E-state index in [0.29, 0.717) is 23.1 Å². The van der Waals surface area contributed by atoms with Crippen LogP contribution in [0.5, 0.6) is 0 Å². The molecule has 7 heteroatoms. The van der Waals surface area contributed by atoms with Crippen molar-refractivity contribution in [3.63, 3.8) is 0 Å². The largest absolute Gasteiger partial charge is 0.491 e. The Morgan fingerprint density at radius 2 is 1.80 bits per heavy atom. The number of carbonyl (C=O) groups excluding carboxylic acids is 2. The number of hydrogen-bond donors (Lipinski definition) is 0. The molecule has 1 aliphatic rings. The zero-order chi connectivity index (χ0) is 18.8. The van der Waals surface area contributed by atoms with E-state index in [9.17, 15) is 14.0 Å².